The highest BCUT2D eigenvalue weighted by molar-refractivity contribution is 6.31. The lowest BCUT2D eigenvalue weighted by Crippen LogP contribution is -2.37. The molecule has 1 aliphatic heterocycles. The van der Waals surface area contributed by atoms with Crippen LogP contribution in [0.2, 0.25) is 5.02 Å². The van der Waals surface area contributed by atoms with E-state index in [0.717, 1.165) is 34.4 Å². The second-order valence-corrected chi connectivity index (χ2v) is 10.9. The van der Waals surface area contributed by atoms with Crippen molar-refractivity contribution in [2.75, 3.05) is 31.8 Å². The number of aromatic nitrogens is 2. The summed E-state index contributed by atoms with van der Waals surface area (Å²) in [6.45, 7) is 9.19. The highest BCUT2D eigenvalue weighted by Crippen LogP contribution is 2.57. The van der Waals surface area contributed by atoms with Crippen molar-refractivity contribution >= 4 is 29.4 Å². The number of nitrogens with zero attached hydrogens (tertiary/aromatic N) is 3. The molecule has 9 nitrogen and oxygen atoms in total. The standard InChI is InChI=1S/C32H30ClN3O6.C2H4/c1-19-26(33)6-4-8-28(19)41-11-12-42-32(39)36-18-21-14-25(21)30-24(5-3-7-27(30)36)23-15-34-35(17-23)16-22-13-20(31(37)38)9-10-29(22)40-2;1-2/h3-10,13,15,17,21,25H,11-12,14,16,18H2,1-2H3,(H,37,38);1-2H2. The van der Waals surface area contributed by atoms with Gasteiger partial charge in [-0.05, 0) is 72.7 Å². The smallest absolute Gasteiger partial charge is 0.414 e. The Labute approximate surface area is 261 Å². The van der Waals surface area contributed by atoms with E-state index in [1.165, 1.54) is 6.07 Å². The summed E-state index contributed by atoms with van der Waals surface area (Å²) in [6, 6.07) is 16.2. The number of rotatable bonds is 9. The Morgan fingerprint density at radius 2 is 1.89 bits per heavy atom. The number of methoxy groups -OCH3 is 1. The van der Waals surface area contributed by atoms with Crippen molar-refractivity contribution in [3.05, 3.63) is 107 Å². The van der Waals surface area contributed by atoms with Crippen molar-refractivity contribution in [2.24, 2.45) is 5.92 Å². The van der Waals surface area contributed by atoms with Gasteiger partial charge in [0.1, 0.15) is 24.7 Å². The molecule has 1 aromatic heterocycles. The van der Waals surface area contributed by atoms with Gasteiger partial charge in [0.2, 0.25) is 0 Å². The van der Waals surface area contributed by atoms with Crippen molar-refractivity contribution < 1.29 is 28.9 Å². The minimum atomic E-state index is -0.998. The van der Waals surface area contributed by atoms with Gasteiger partial charge in [0, 0.05) is 34.5 Å². The summed E-state index contributed by atoms with van der Waals surface area (Å²) in [6.07, 6.45) is 4.35. The van der Waals surface area contributed by atoms with E-state index in [1.54, 1.807) is 41.1 Å². The summed E-state index contributed by atoms with van der Waals surface area (Å²) in [5, 5.41) is 14.6. The molecule has 1 N–H and O–H groups in total. The summed E-state index contributed by atoms with van der Waals surface area (Å²) >= 11 is 6.17. The molecule has 1 saturated carbocycles. The Balaban J connectivity index is 0.00000188. The van der Waals surface area contributed by atoms with Crippen molar-refractivity contribution in [1.82, 2.24) is 9.78 Å². The van der Waals surface area contributed by atoms with Crippen LogP contribution in [0.5, 0.6) is 11.5 Å². The van der Waals surface area contributed by atoms with Crippen LogP contribution in [-0.2, 0) is 11.3 Å². The summed E-state index contributed by atoms with van der Waals surface area (Å²) < 4.78 is 18.6. The second-order valence-electron chi connectivity index (χ2n) is 10.5. The Bertz CT molecular complexity index is 1690. The number of aromatic carboxylic acids is 1. The van der Waals surface area contributed by atoms with Gasteiger partial charge in [0.15, 0.2) is 0 Å². The maximum Gasteiger partial charge on any atom is 0.414 e. The van der Waals surface area contributed by atoms with Crippen molar-refractivity contribution in [1.29, 1.82) is 0 Å². The summed E-state index contributed by atoms with van der Waals surface area (Å²) in [7, 11) is 1.56. The molecule has 228 valence electrons. The summed E-state index contributed by atoms with van der Waals surface area (Å²) in [5.74, 6) is 1.03. The molecule has 1 amide bonds. The van der Waals surface area contributed by atoms with E-state index < -0.39 is 12.1 Å². The molecule has 2 aliphatic rings. The lowest BCUT2D eigenvalue weighted by atomic mass is 9.93. The Morgan fingerprint density at radius 1 is 1.09 bits per heavy atom. The maximum absolute atomic E-state index is 13.2. The van der Waals surface area contributed by atoms with Crippen LogP contribution in [0.25, 0.3) is 11.1 Å². The van der Waals surface area contributed by atoms with E-state index in [2.05, 4.69) is 24.3 Å². The van der Waals surface area contributed by atoms with Gasteiger partial charge >= 0.3 is 12.1 Å². The molecule has 44 heavy (non-hydrogen) atoms. The number of amides is 1. The zero-order valence-electron chi connectivity index (χ0n) is 24.7. The topological polar surface area (TPSA) is 103 Å². The third-order valence-electron chi connectivity index (χ3n) is 7.89. The van der Waals surface area contributed by atoms with Gasteiger partial charge in [-0.15, -0.1) is 13.2 Å². The van der Waals surface area contributed by atoms with Crippen LogP contribution in [0, 0.1) is 12.8 Å². The zero-order chi connectivity index (χ0) is 31.4. The van der Waals surface area contributed by atoms with Crippen LogP contribution >= 0.6 is 11.6 Å². The Hall–Kier alpha value is -4.76. The lowest BCUT2D eigenvalue weighted by Gasteiger charge is -2.29. The maximum atomic E-state index is 13.2. The van der Waals surface area contributed by atoms with Crippen LogP contribution in [0.15, 0.2) is 80.1 Å². The predicted molar refractivity (Wildman–Crippen MR) is 169 cm³/mol. The van der Waals surface area contributed by atoms with Crippen molar-refractivity contribution in [3.8, 4) is 22.6 Å². The third kappa shape index (κ3) is 6.28. The number of carboxylic acids is 1. The minimum Gasteiger partial charge on any atom is -0.496 e. The molecule has 0 saturated heterocycles. The van der Waals surface area contributed by atoms with E-state index >= 15 is 0 Å². The number of carbonyl (C=O) groups excluding carboxylic acids is 1. The molecule has 0 radical (unpaired) electrons. The zero-order valence-corrected chi connectivity index (χ0v) is 25.4. The number of hydrogen-bond acceptors (Lipinski definition) is 6. The van der Waals surface area contributed by atoms with Crippen LogP contribution < -0.4 is 14.4 Å². The predicted octanol–water partition coefficient (Wildman–Crippen LogP) is 7.21. The normalized spacial score (nSPS) is 16.1. The number of anilines is 1. The van der Waals surface area contributed by atoms with Gasteiger partial charge < -0.3 is 19.3 Å². The largest absolute Gasteiger partial charge is 0.496 e. The van der Waals surface area contributed by atoms with Gasteiger partial charge in [0.25, 0.3) is 0 Å². The molecule has 2 heterocycles. The van der Waals surface area contributed by atoms with Crippen LogP contribution in [-0.4, -0.2) is 53.8 Å². The van der Waals surface area contributed by atoms with E-state index in [9.17, 15) is 14.7 Å². The number of ether oxygens (including phenoxy) is 3. The first-order valence-electron chi connectivity index (χ1n) is 14.2. The Kier molecular flexibility index (Phi) is 9.25. The quantitative estimate of drug-likeness (QED) is 0.157. The SMILES string of the molecule is C=C.COc1ccc(C(=O)O)cc1Cn1cc(-c2cccc3c2C2CC2CN3C(=O)OCCOc2cccc(Cl)c2C)cn1. The number of halogens is 1. The van der Waals surface area contributed by atoms with Crippen molar-refractivity contribution in [2.45, 2.75) is 25.8 Å². The molecular formula is C34H34ClN3O6. The monoisotopic (exact) mass is 615 g/mol. The molecule has 0 bridgehead atoms. The first kappa shape index (κ1) is 30.7. The molecular weight excluding hydrogens is 582 g/mol. The number of carbonyl (C=O) groups is 2. The third-order valence-corrected chi connectivity index (χ3v) is 8.30. The number of fused-ring (bicyclic) bond motifs is 3. The van der Waals surface area contributed by atoms with Crippen LogP contribution in [0.3, 0.4) is 0 Å². The molecule has 2 atom stereocenters. The molecule has 2 unspecified atom stereocenters. The fourth-order valence-corrected chi connectivity index (χ4v) is 5.81. The number of benzene rings is 3. The molecule has 1 fully saturated rings. The fraction of sp³-hybridized carbons (Fsp3) is 0.265. The first-order chi connectivity index (χ1) is 21.3. The van der Waals surface area contributed by atoms with Crippen LogP contribution in [0.4, 0.5) is 10.5 Å². The van der Waals surface area contributed by atoms with Gasteiger partial charge in [0.05, 0.1) is 31.1 Å². The number of hydrogen-bond donors (Lipinski definition) is 1. The van der Waals surface area contributed by atoms with E-state index in [0.29, 0.717) is 47.0 Å². The van der Waals surface area contributed by atoms with Crippen LogP contribution in [0.1, 0.15) is 39.4 Å². The fourth-order valence-electron chi connectivity index (χ4n) is 5.64. The highest BCUT2D eigenvalue weighted by Gasteiger charge is 2.48. The molecule has 0 spiro atoms. The molecule has 6 rings (SSSR count). The number of carboxylic acid groups (broad SMARTS) is 1. The van der Waals surface area contributed by atoms with Gasteiger partial charge in [-0.2, -0.15) is 5.10 Å². The van der Waals surface area contributed by atoms with E-state index in [1.807, 2.05) is 37.4 Å². The average Bonchev–Trinajstić information content (AvgIpc) is 3.69. The van der Waals surface area contributed by atoms with E-state index in [4.69, 9.17) is 25.8 Å². The highest BCUT2D eigenvalue weighted by atomic mass is 35.5. The van der Waals surface area contributed by atoms with Gasteiger partial charge in [-0.25, -0.2) is 9.59 Å². The molecule has 1 aliphatic carbocycles. The second kappa shape index (κ2) is 13.3. The summed E-state index contributed by atoms with van der Waals surface area (Å²) in [4.78, 5) is 26.4. The molecule has 3 aromatic carbocycles. The molecule has 10 heteroatoms. The minimum absolute atomic E-state index is 0.115. The Morgan fingerprint density at radius 3 is 2.66 bits per heavy atom. The van der Waals surface area contributed by atoms with Crippen molar-refractivity contribution in [3.63, 3.8) is 0 Å². The summed E-state index contributed by atoms with van der Waals surface area (Å²) in [5.41, 5.74) is 5.68. The van der Waals surface area contributed by atoms with E-state index in [-0.39, 0.29) is 18.8 Å². The first-order valence-corrected chi connectivity index (χ1v) is 14.6. The van der Waals surface area contributed by atoms with Gasteiger partial charge in [-0.1, -0.05) is 29.8 Å². The lowest BCUT2D eigenvalue weighted by molar-refractivity contribution is 0.0696. The van der Waals surface area contributed by atoms with Gasteiger partial charge in [-0.3, -0.25) is 9.58 Å². The molecule has 4 aromatic rings. The average molecular weight is 616 g/mol.